The lowest BCUT2D eigenvalue weighted by Gasteiger charge is -2.13. The Labute approximate surface area is 219 Å². The Bertz CT molecular complexity index is 1090. The van der Waals surface area contributed by atoms with Crippen molar-refractivity contribution in [1.82, 2.24) is 0 Å². The first kappa shape index (κ1) is 26.0. The molecular weight excluding hydrogens is 434 g/mol. The maximum atomic E-state index is 3.68. The second kappa shape index (κ2) is 13.9. The maximum absolute atomic E-state index is 3.68. The monoisotopic (exact) mass is 477 g/mol. The van der Waals surface area contributed by atoms with Crippen molar-refractivity contribution in [3.8, 4) is 0 Å². The number of rotatable bonds is 14. The second-order valence-electron chi connectivity index (χ2n) is 10.3. The second-order valence-corrected chi connectivity index (χ2v) is 10.3. The summed E-state index contributed by atoms with van der Waals surface area (Å²) < 4.78 is 0. The lowest BCUT2D eigenvalue weighted by atomic mass is 9.96. The molecule has 0 saturated carbocycles. The van der Waals surface area contributed by atoms with Crippen LogP contribution in [0.3, 0.4) is 0 Å². The summed E-state index contributed by atoms with van der Waals surface area (Å²) in [6.45, 7) is 4.54. The van der Waals surface area contributed by atoms with Crippen LogP contribution in [-0.4, -0.2) is 0 Å². The summed E-state index contributed by atoms with van der Waals surface area (Å²) in [5.41, 5.74) is 7.99. The summed E-state index contributed by atoms with van der Waals surface area (Å²) in [5, 5.41) is 6.29. The summed E-state index contributed by atoms with van der Waals surface area (Å²) in [4.78, 5) is 0. The zero-order valence-corrected chi connectivity index (χ0v) is 22.4. The van der Waals surface area contributed by atoms with Crippen molar-refractivity contribution in [1.29, 1.82) is 0 Å². The average molecular weight is 478 g/mol. The van der Waals surface area contributed by atoms with Crippen molar-refractivity contribution in [2.45, 2.75) is 84.5 Å². The van der Waals surface area contributed by atoms with Gasteiger partial charge in [0, 0.05) is 16.8 Å². The predicted octanol–water partition coefficient (Wildman–Crippen LogP) is 10.4. The van der Waals surface area contributed by atoms with Crippen molar-refractivity contribution in [2.24, 2.45) is 0 Å². The number of hydrogen-bond donors (Lipinski definition) is 1. The number of fused-ring (bicyclic) bond motifs is 1. The van der Waals surface area contributed by atoms with Crippen molar-refractivity contribution >= 4 is 22.1 Å². The first-order valence-corrected chi connectivity index (χ1v) is 14.2. The van der Waals surface area contributed by atoms with Crippen molar-refractivity contribution < 1.29 is 0 Å². The molecule has 4 rings (SSSR count). The molecule has 1 N–H and O–H groups in total. The van der Waals surface area contributed by atoms with Gasteiger partial charge in [-0.15, -0.1) is 0 Å². The van der Waals surface area contributed by atoms with Gasteiger partial charge in [0.25, 0.3) is 0 Å². The highest BCUT2D eigenvalue weighted by Crippen LogP contribution is 2.30. The van der Waals surface area contributed by atoms with Crippen molar-refractivity contribution in [3.63, 3.8) is 0 Å². The summed E-state index contributed by atoms with van der Waals surface area (Å²) in [5.74, 6) is 0. The largest absolute Gasteiger partial charge is 0.355 e. The third kappa shape index (κ3) is 7.47. The molecule has 4 aromatic rings. The van der Waals surface area contributed by atoms with Crippen LogP contribution in [0.25, 0.3) is 10.8 Å². The topological polar surface area (TPSA) is 12.0 Å². The highest BCUT2D eigenvalue weighted by atomic mass is 14.9. The molecule has 0 aromatic heterocycles. The molecule has 0 unspecified atom stereocenters. The molecule has 36 heavy (non-hydrogen) atoms. The van der Waals surface area contributed by atoms with Gasteiger partial charge in [-0.1, -0.05) is 119 Å². The van der Waals surface area contributed by atoms with Gasteiger partial charge in [0.2, 0.25) is 0 Å². The van der Waals surface area contributed by atoms with Crippen LogP contribution >= 0.6 is 0 Å². The molecule has 0 aliphatic carbocycles. The van der Waals surface area contributed by atoms with Gasteiger partial charge in [0.05, 0.1) is 0 Å². The first-order valence-electron chi connectivity index (χ1n) is 14.2. The van der Waals surface area contributed by atoms with Gasteiger partial charge in [-0.2, -0.15) is 0 Å². The fourth-order valence-electron chi connectivity index (χ4n) is 5.10. The van der Waals surface area contributed by atoms with Crippen LogP contribution < -0.4 is 5.32 Å². The van der Waals surface area contributed by atoms with Crippen molar-refractivity contribution in [2.75, 3.05) is 5.32 Å². The normalized spacial score (nSPS) is 11.2. The number of hydrogen-bond acceptors (Lipinski definition) is 1. The minimum Gasteiger partial charge on any atom is -0.355 e. The molecule has 0 bridgehead atoms. The molecule has 0 aliphatic heterocycles. The summed E-state index contributed by atoms with van der Waals surface area (Å²) >= 11 is 0. The Morgan fingerprint density at radius 1 is 0.500 bits per heavy atom. The highest BCUT2D eigenvalue weighted by Gasteiger charge is 2.07. The first-order chi connectivity index (χ1) is 17.8. The molecule has 4 aromatic carbocycles. The zero-order valence-electron chi connectivity index (χ0n) is 22.4. The molecule has 0 spiro atoms. The number of anilines is 2. The Hall–Kier alpha value is -3.06. The molecular formula is C35H43N. The number of nitrogens with one attached hydrogen (secondary N) is 1. The molecule has 0 atom stereocenters. The third-order valence-corrected chi connectivity index (χ3v) is 7.30. The molecule has 0 saturated heterocycles. The van der Waals surface area contributed by atoms with Gasteiger partial charge in [0.1, 0.15) is 0 Å². The van der Waals surface area contributed by atoms with E-state index in [0.717, 1.165) is 12.1 Å². The van der Waals surface area contributed by atoms with Crippen molar-refractivity contribution in [3.05, 3.63) is 107 Å². The average Bonchev–Trinajstić information content (AvgIpc) is 2.91. The van der Waals surface area contributed by atoms with E-state index in [9.17, 15) is 0 Å². The van der Waals surface area contributed by atoms with E-state index in [1.807, 2.05) is 0 Å². The molecule has 1 nitrogen and oxygen atoms in total. The van der Waals surface area contributed by atoms with Crippen LogP contribution in [-0.2, 0) is 19.3 Å². The van der Waals surface area contributed by atoms with Crippen LogP contribution in [0.1, 0.15) is 87.5 Å². The van der Waals surface area contributed by atoms with Crippen LogP contribution in [0.15, 0.2) is 84.9 Å². The van der Waals surface area contributed by atoms with E-state index in [4.69, 9.17) is 0 Å². The van der Waals surface area contributed by atoms with Crippen LogP contribution in [0.5, 0.6) is 0 Å². The van der Waals surface area contributed by atoms with E-state index in [0.29, 0.717) is 0 Å². The minimum absolute atomic E-state index is 0.962. The van der Waals surface area contributed by atoms with Gasteiger partial charge in [-0.3, -0.25) is 0 Å². The van der Waals surface area contributed by atoms with E-state index in [1.165, 1.54) is 103 Å². The smallest absolute Gasteiger partial charge is 0.0464 e. The van der Waals surface area contributed by atoms with Crippen LogP contribution in [0, 0.1) is 0 Å². The third-order valence-electron chi connectivity index (χ3n) is 7.30. The maximum Gasteiger partial charge on any atom is 0.0464 e. The molecule has 0 heterocycles. The Morgan fingerprint density at radius 3 is 1.69 bits per heavy atom. The molecule has 0 radical (unpaired) electrons. The Kier molecular flexibility index (Phi) is 10.0. The summed E-state index contributed by atoms with van der Waals surface area (Å²) in [7, 11) is 0. The number of aryl methyl sites for hydroxylation is 2. The molecule has 1 heteroatoms. The highest BCUT2D eigenvalue weighted by molar-refractivity contribution is 5.97. The van der Waals surface area contributed by atoms with E-state index in [1.54, 1.807) is 0 Å². The van der Waals surface area contributed by atoms with Gasteiger partial charge in [-0.05, 0) is 77.9 Å². The quantitative estimate of drug-likeness (QED) is 0.178. The minimum atomic E-state index is 0.962. The van der Waals surface area contributed by atoms with Gasteiger partial charge < -0.3 is 5.32 Å². The predicted molar refractivity (Wildman–Crippen MR) is 159 cm³/mol. The molecule has 188 valence electrons. The fourth-order valence-corrected chi connectivity index (χ4v) is 5.10. The molecule has 0 amide bonds. The molecule has 0 fully saturated rings. The molecule has 0 aliphatic rings. The van der Waals surface area contributed by atoms with E-state index < -0.39 is 0 Å². The van der Waals surface area contributed by atoms with E-state index in [-0.39, 0.29) is 0 Å². The Balaban J connectivity index is 1.42. The zero-order chi connectivity index (χ0) is 25.0. The van der Waals surface area contributed by atoms with Gasteiger partial charge >= 0.3 is 0 Å². The summed E-state index contributed by atoms with van der Waals surface area (Å²) in [6.07, 6.45) is 13.9. The SMILES string of the molecule is CCCCCCc1ccc(Cc2cccc3c(Nc4ccc(CCCCCC)cc4)cccc23)cc1. The van der Waals surface area contributed by atoms with Gasteiger partial charge in [0.15, 0.2) is 0 Å². The lowest BCUT2D eigenvalue weighted by molar-refractivity contribution is 0.667. The standard InChI is InChI=1S/C35H43N/c1-3-5-7-9-13-28-19-21-30(22-20-28)27-31-15-11-17-34-33(31)16-12-18-35(34)36-32-25-23-29(24-26-32)14-10-8-6-4-2/h11-12,15-26,36H,3-10,13-14,27H2,1-2H3. The lowest BCUT2D eigenvalue weighted by Crippen LogP contribution is -1.95. The number of benzene rings is 4. The van der Waals surface area contributed by atoms with E-state index >= 15 is 0 Å². The van der Waals surface area contributed by atoms with Crippen LogP contribution in [0.2, 0.25) is 0 Å². The fraction of sp³-hybridized carbons (Fsp3) is 0.371. The number of unbranched alkanes of at least 4 members (excludes halogenated alkanes) is 6. The van der Waals surface area contributed by atoms with Crippen LogP contribution in [0.4, 0.5) is 11.4 Å². The summed E-state index contributed by atoms with van der Waals surface area (Å²) in [6, 6.07) is 31.6. The van der Waals surface area contributed by atoms with Gasteiger partial charge in [-0.25, -0.2) is 0 Å². The Morgan fingerprint density at radius 2 is 1.06 bits per heavy atom. The van der Waals surface area contributed by atoms with E-state index in [2.05, 4.69) is 104 Å².